The van der Waals surface area contributed by atoms with Gasteiger partial charge in [-0.1, -0.05) is 78.9 Å². The molecule has 0 unspecified atom stereocenters. The number of nitriles is 1. The Bertz CT molecular complexity index is 1640. The Morgan fingerprint density at radius 2 is 1.15 bits per heavy atom. The molecule has 33 heavy (non-hydrogen) atoms. The molecule has 0 radical (unpaired) electrons. The van der Waals surface area contributed by atoms with Gasteiger partial charge >= 0.3 is 0 Å². The van der Waals surface area contributed by atoms with Crippen LogP contribution < -0.4 is 0 Å². The standard InChI is InChI=1S/C30H18N2S/c31-18-20-9-11-22(12-10-20)25-5-1-7-27-28-8-2-6-26(30(28)33-29(25)27)23-15-13-21(14-16-23)24-4-3-17-32-19-24/h1-17,19H. The quantitative estimate of drug-likeness (QED) is 0.278. The van der Waals surface area contributed by atoms with Crippen LogP contribution in [0.1, 0.15) is 5.56 Å². The fraction of sp³-hybridized carbons (Fsp3) is 0. The van der Waals surface area contributed by atoms with Crippen LogP contribution in [-0.4, -0.2) is 4.98 Å². The summed E-state index contributed by atoms with van der Waals surface area (Å²) in [6, 6.07) is 35.9. The molecule has 0 fully saturated rings. The van der Waals surface area contributed by atoms with Gasteiger partial charge in [0.05, 0.1) is 11.6 Å². The number of thiophene rings is 1. The number of hydrogen-bond acceptors (Lipinski definition) is 3. The highest BCUT2D eigenvalue weighted by Crippen LogP contribution is 2.43. The van der Waals surface area contributed by atoms with E-state index in [2.05, 4.69) is 77.8 Å². The molecule has 2 nitrogen and oxygen atoms in total. The molecule has 6 rings (SSSR count). The minimum Gasteiger partial charge on any atom is -0.264 e. The van der Waals surface area contributed by atoms with Gasteiger partial charge in [-0.05, 0) is 51.6 Å². The molecule has 2 heterocycles. The minimum absolute atomic E-state index is 0.680. The first-order valence-corrected chi connectivity index (χ1v) is 11.6. The number of benzene rings is 4. The summed E-state index contributed by atoms with van der Waals surface area (Å²) in [4.78, 5) is 4.24. The highest BCUT2D eigenvalue weighted by atomic mass is 32.1. The smallest absolute Gasteiger partial charge is 0.0991 e. The van der Waals surface area contributed by atoms with Gasteiger partial charge < -0.3 is 0 Å². The Morgan fingerprint density at radius 1 is 0.576 bits per heavy atom. The monoisotopic (exact) mass is 438 g/mol. The van der Waals surface area contributed by atoms with E-state index < -0.39 is 0 Å². The maximum Gasteiger partial charge on any atom is 0.0991 e. The van der Waals surface area contributed by atoms with Crippen molar-refractivity contribution in [3.63, 3.8) is 0 Å². The van der Waals surface area contributed by atoms with Crippen molar-refractivity contribution in [3.8, 4) is 39.4 Å². The molecule has 0 N–H and O–H groups in total. The van der Waals surface area contributed by atoms with Gasteiger partial charge in [0.1, 0.15) is 0 Å². The van der Waals surface area contributed by atoms with Crippen molar-refractivity contribution in [1.29, 1.82) is 5.26 Å². The minimum atomic E-state index is 0.680. The molecule has 154 valence electrons. The summed E-state index contributed by atoms with van der Waals surface area (Å²) < 4.78 is 2.57. The van der Waals surface area contributed by atoms with Crippen molar-refractivity contribution in [3.05, 3.63) is 115 Å². The lowest BCUT2D eigenvalue weighted by Crippen LogP contribution is -1.81. The van der Waals surface area contributed by atoms with Crippen molar-refractivity contribution in [2.75, 3.05) is 0 Å². The number of fused-ring (bicyclic) bond motifs is 3. The second kappa shape index (κ2) is 8.02. The molecule has 6 aromatic rings. The molecule has 0 spiro atoms. The van der Waals surface area contributed by atoms with Crippen molar-refractivity contribution in [2.45, 2.75) is 0 Å². The van der Waals surface area contributed by atoms with Crippen LogP contribution in [-0.2, 0) is 0 Å². The maximum absolute atomic E-state index is 9.14. The summed E-state index contributed by atoms with van der Waals surface area (Å²) in [5.74, 6) is 0. The largest absolute Gasteiger partial charge is 0.264 e. The zero-order valence-electron chi connectivity index (χ0n) is 17.7. The van der Waals surface area contributed by atoms with E-state index in [-0.39, 0.29) is 0 Å². The van der Waals surface area contributed by atoms with E-state index in [1.54, 1.807) is 6.20 Å². The van der Waals surface area contributed by atoms with E-state index in [0.717, 1.165) is 11.1 Å². The third kappa shape index (κ3) is 3.38. The highest BCUT2D eigenvalue weighted by Gasteiger charge is 2.14. The predicted octanol–water partition coefficient (Wildman–Crippen LogP) is 8.32. The number of nitrogens with zero attached hydrogens (tertiary/aromatic N) is 2. The molecule has 0 atom stereocenters. The average Bonchev–Trinajstić information content (AvgIpc) is 3.28. The molecular formula is C30H18N2S. The van der Waals surface area contributed by atoms with E-state index in [9.17, 15) is 0 Å². The van der Waals surface area contributed by atoms with Gasteiger partial charge in [-0.15, -0.1) is 11.3 Å². The van der Waals surface area contributed by atoms with E-state index in [1.165, 1.54) is 42.4 Å². The zero-order valence-corrected chi connectivity index (χ0v) is 18.5. The van der Waals surface area contributed by atoms with E-state index in [1.807, 2.05) is 47.9 Å². The summed E-state index contributed by atoms with van der Waals surface area (Å²) in [5, 5.41) is 11.7. The molecule has 0 saturated heterocycles. The topological polar surface area (TPSA) is 36.7 Å². The lowest BCUT2D eigenvalue weighted by atomic mass is 9.98. The van der Waals surface area contributed by atoms with Crippen LogP contribution in [0.2, 0.25) is 0 Å². The van der Waals surface area contributed by atoms with Crippen molar-refractivity contribution < 1.29 is 0 Å². The molecule has 0 bridgehead atoms. The fourth-order valence-corrected chi connectivity index (χ4v) is 5.75. The molecule has 3 heteroatoms. The number of hydrogen-bond donors (Lipinski definition) is 0. The van der Waals surface area contributed by atoms with Gasteiger partial charge in [0.15, 0.2) is 0 Å². The van der Waals surface area contributed by atoms with Crippen LogP contribution in [0.5, 0.6) is 0 Å². The third-order valence-electron chi connectivity index (χ3n) is 6.04. The summed E-state index contributed by atoms with van der Waals surface area (Å²) in [6.07, 6.45) is 3.69. The van der Waals surface area contributed by atoms with E-state index in [4.69, 9.17) is 5.26 Å². The van der Waals surface area contributed by atoms with E-state index in [0.29, 0.717) is 5.56 Å². The molecular weight excluding hydrogens is 420 g/mol. The van der Waals surface area contributed by atoms with Crippen LogP contribution >= 0.6 is 11.3 Å². The first-order valence-electron chi connectivity index (χ1n) is 10.8. The second-order valence-electron chi connectivity index (χ2n) is 7.97. The maximum atomic E-state index is 9.14. The van der Waals surface area contributed by atoms with Crippen LogP contribution in [0.3, 0.4) is 0 Å². The number of pyridine rings is 1. The Kier molecular flexibility index (Phi) is 4.72. The normalized spacial score (nSPS) is 11.0. The molecule has 2 aromatic heterocycles. The predicted molar refractivity (Wildman–Crippen MR) is 138 cm³/mol. The summed E-state index contributed by atoms with van der Waals surface area (Å²) in [6.45, 7) is 0. The van der Waals surface area contributed by atoms with Crippen LogP contribution in [0, 0.1) is 11.3 Å². The molecule has 0 saturated carbocycles. The Balaban J connectivity index is 1.49. The summed E-state index contributed by atoms with van der Waals surface area (Å²) >= 11 is 1.84. The van der Waals surface area contributed by atoms with Crippen molar-refractivity contribution >= 4 is 31.5 Å². The highest BCUT2D eigenvalue weighted by molar-refractivity contribution is 7.26. The first-order chi connectivity index (χ1) is 16.3. The molecule has 0 aliphatic rings. The second-order valence-corrected chi connectivity index (χ2v) is 9.00. The fourth-order valence-electron chi connectivity index (χ4n) is 4.37. The van der Waals surface area contributed by atoms with Gasteiger partial charge in [0, 0.05) is 32.6 Å². The Hall–Kier alpha value is -4.26. The van der Waals surface area contributed by atoms with Crippen LogP contribution in [0.25, 0.3) is 53.6 Å². The van der Waals surface area contributed by atoms with Gasteiger partial charge in [-0.25, -0.2) is 0 Å². The number of rotatable bonds is 3. The molecule has 0 amide bonds. The van der Waals surface area contributed by atoms with Gasteiger partial charge in [-0.2, -0.15) is 5.26 Å². The third-order valence-corrected chi connectivity index (χ3v) is 7.33. The van der Waals surface area contributed by atoms with Gasteiger partial charge in [0.25, 0.3) is 0 Å². The Labute approximate surface area is 196 Å². The van der Waals surface area contributed by atoms with Gasteiger partial charge in [-0.3, -0.25) is 4.98 Å². The number of aromatic nitrogens is 1. The lowest BCUT2D eigenvalue weighted by Gasteiger charge is -2.06. The molecule has 0 aliphatic heterocycles. The first kappa shape index (κ1) is 19.4. The van der Waals surface area contributed by atoms with Crippen LogP contribution in [0.4, 0.5) is 0 Å². The van der Waals surface area contributed by atoms with Gasteiger partial charge in [0.2, 0.25) is 0 Å². The zero-order chi connectivity index (χ0) is 22.2. The molecule has 0 aliphatic carbocycles. The molecule has 4 aromatic carbocycles. The Morgan fingerprint density at radius 3 is 1.70 bits per heavy atom. The van der Waals surface area contributed by atoms with E-state index >= 15 is 0 Å². The van der Waals surface area contributed by atoms with Crippen LogP contribution in [0.15, 0.2) is 109 Å². The summed E-state index contributed by atoms with van der Waals surface area (Å²) in [5.41, 5.74) is 7.76. The average molecular weight is 439 g/mol. The SMILES string of the molecule is N#Cc1ccc(-c2cccc3c2sc2c(-c4ccc(-c5cccnc5)cc4)cccc23)cc1. The van der Waals surface area contributed by atoms with Crippen molar-refractivity contribution in [2.24, 2.45) is 0 Å². The van der Waals surface area contributed by atoms with Crippen molar-refractivity contribution in [1.82, 2.24) is 4.98 Å². The lowest BCUT2D eigenvalue weighted by molar-refractivity contribution is 1.33. The summed E-state index contributed by atoms with van der Waals surface area (Å²) in [7, 11) is 0.